The van der Waals surface area contributed by atoms with Crippen molar-refractivity contribution in [2.45, 2.75) is 6.18 Å². The van der Waals surface area contributed by atoms with Crippen molar-refractivity contribution in [3.8, 4) is 5.88 Å². The van der Waals surface area contributed by atoms with Crippen molar-refractivity contribution in [1.82, 2.24) is 10.2 Å². The Morgan fingerprint density at radius 2 is 2.23 bits per heavy atom. The van der Waals surface area contributed by atoms with Crippen molar-refractivity contribution in [3.05, 3.63) is 11.8 Å². The van der Waals surface area contributed by atoms with Gasteiger partial charge in [0, 0.05) is 12.6 Å². The zero-order valence-corrected chi connectivity index (χ0v) is 6.56. The minimum Gasteiger partial charge on any atom is -0.475 e. The Morgan fingerprint density at radius 3 is 2.69 bits per heavy atom. The van der Waals surface area contributed by atoms with Crippen molar-refractivity contribution in [1.29, 1.82) is 0 Å². The lowest BCUT2D eigenvalue weighted by atomic mass is 10.4. The first-order chi connectivity index (χ1) is 6.04. The minimum atomic E-state index is -4.42. The maximum absolute atomic E-state index is 12.0. The van der Waals surface area contributed by atoms with Gasteiger partial charge in [-0.05, 0) is 0 Å². The number of rotatable bonds is 3. The van der Waals surface area contributed by atoms with Gasteiger partial charge in [0.05, 0.1) is 0 Å². The summed E-state index contributed by atoms with van der Waals surface area (Å²) in [4.78, 5) is 0. The molecular weight excluding hydrogens is 187 g/mol. The average Bonchev–Trinajstić information content (AvgIpc) is 2.47. The number of ether oxygens (including phenoxy) is 1. The molecule has 1 heterocycles. The van der Waals surface area contributed by atoms with E-state index in [-0.39, 0.29) is 19.0 Å². The number of hydrogen-bond acceptors (Lipinski definition) is 3. The molecule has 1 rings (SSSR count). The minimum absolute atomic E-state index is 0.0993. The van der Waals surface area contributed by atoms with Gasteiger partial charge in [0.15, 0.2) is 0 Å². The molecule has 0 aliphatic heterocycles. The van der Waals surface area contributed by atoms with Crippen molar-refractivity contribution in [3.63, 3.8) is 0 Å². The van der Waals surface area contributed by atoms with Crippen LogP contribution in [0.25, 0.3) is 0 Å². The first-order valence-electron chi connectivity index (χ1n) is 3.49. The van der Waals surface area contributed by atoms with Crippen LogP contribution in [-0.4, -0.2) is 23.3 Å². The van der Waals surface area contributed by atoms with Crippen molar-refractivity contribution < 1.29 is 17.9 Å². The van der Waals surface area contributed by atoms with E-state index in [9.17, 15) is 13.2 Å². The van der Waals surface area contributed by atoms with Crippen molar-refractivity contribution in [2.24, 2.45) is 5.73 Å². The summed E-state index contributed by atoms with van der Waals surface area (Å²) in [7, 11) is 0. The summed E-state index contributed by atoms with van der Waals surface area (Å²) in [6.07, 6.45) is -4.42. The van der Waals surface area contributed by atoms with Gasteiger partial charge in [0.25, 0.3) is 0 Å². The van der Waals surface area contributed by atoms with Gasteiger partial charge < -0.3 is 10.5 Å². The highest BCUT2D eigenvalue weighted by Gasteiger charge is 2.33. The third-order valence-electron chi connectivity index (χ3n) is 1.23. The van der Waals surface area contributed by atoms with Gasteiger partial charge in [0.1, 0.15) is 12.3 Å². The average molecular weight is 195 g/mol. The Morgan fingerprint density at radius 1 is 1.54 bits per heavy atom. The molecule has 0 amide bonds. The normalized spacial score (nSPS) is 11.7. The summed E-state index contributed by atoms with van der Waals surface area (Å²) in [6, 6.07) is 0.787. The van der Waals surface area contributed by atoms with Crippen molar-refractivity contribution >= 4 is 0 Å². The Labute approximate surface area is 71.9 Å². The Balaban J connectivity index is 2.64. The molecule has 0 fully saturated rings. The maximum Gasteiger partial charge on any atom is 0.432 e. The smallest absolute Gasteiger partial charge is 0.432 e. The van der Waals surface area contributed by atoms with Crippen LogP contribution >= 0.6 is 0 Å². The van der Waals surface area contributed by atoms with Gasteiger partial charge in [-0.25, -0.2) is 0 Å². The highest BCUT2D eigenvalue weighted by Crippen LogP contribution is 2.29. The summed E-state index contributed by atoms with van der Waals surface area (Å²) in [6.45, 7) is 0.371. The molecule has 0 saturated carbocycles. The van der Waals surface area contributed by atoms with Crippen LogP contribution < -0.4 is 10.5 Å². The standard InChI is InChI=1S/C6H8F3N3O/c7-6(8,9)4-3-5(12-11-4)13-2-1-10/h3H,1-2,10H2,(H,11,12). The van der Waals surface area contributed by atoms with Crippen molar-refractivity contribution in [2.75, 3.05) is 13.2 Å². The molecule has 0 aromatic carbocycles. The predicted octanol–water partition coefficient (Wildman–Crippen LogP) is 0.766. The van der Waals surface area contributed by atoms with E-state index in [4.69, 9.17) is 10.5 Å². The lowest BCUT2D eigenvalue weighted by Gasteiger charge is -2.00. The molecule has 1 aromatic heterocycles. The lowest BCUT2D eigenvalue weighted by Crippen LogP contribution is -2.10. The quantitative estimate of drug-likeness (QED) is 0.748. The third kappa shape index (κ3) is 2.62. The third-order valence-corrected chi connectivity index (χ3v) is 1.23. The molecule has 0 radical (unpaired) electrons. The van der Waals surface area contributed by atoms with Crippen LogP contribution in [0.15, 0.2) is 6.07 Å². The van der Waals surface area contributed by atoms with Gasteiger partial charge in [-0.15, -0.1) is 5.10 Å². The number of nitrogens with zero attached hydrogens (tertiary/aromatic N) is 1. The number of nitrogens with one attached hydrogen (secondary N) is 1. The second-order valence-electron chi connectivity index (χ2n) is 2.25. The summed E-state index contributed by atoms with van der Waals surface area (Å²) >= 11 is 0. The van der Waals surface area contributed by atoms with Crippen LogP contribution in [-0.2, 0) is 6.18 Å². The van der Waals surface area contributed by atoms with Crippen LogP contribution in [0.3, 0.4) is 0 Å². The van der Waals surface area contributed by atoms with E-state index in [0.29, 0.717) is 0 Å². The van der Waals surface area contributed by atoms with Gasteiger partial charge in [-0.1, -0.05) is 0 Å². The molecule has 4 nitrogen and oxygen atoms in total. The Bertz CT molecular complexity index is 270. The van der Waals surface area contributed by atoms with Crippen LogP contribution in [0, 0.1) is 0 Å². The first-order valence-corrected chi connectivity index (χ1v) is 3.49. The van der Waals surface area contributed by atoms with E-state index < -0.39 is 11.9 Å². The second-order valence-corrected chi connectivity index (χ2v) is 2.25. The lowest BCUT2D eigenvalue weighted by molar-refractivity contribution is -0.141. The number of alkyl halides is 3. The summed E-state index contributed by atoms with van der Waals surface area (Å²) in [5.74, 6) is -0.0993. The monoisotopic (exact) mass is 195 g/mol. The molecule has 0 bridgehead atoms. The molecule has 0 aliphatic rings. The van der Waals surface area contributed by atoms with E-state index in [1.807, 2.05) is 5.10 Å². The second kappa shape index (κ2) is 3.65. The van der Waals surface area contributed by atoms with Crippen LogP contribution in [0.4, 0.5) is 13.2 Å². The number of halogens is 3. The molecule has 13 heavy (non-hydrogen) atoms. The van der Waals surface area contributed by atoms with Crippen LogP contribution in [0.1, 0.15) is 5.69 Å². The molecule has 0 atom stereocenters. The fourth-order valence-electron chi connectivity index (χ4n) is 0.686. The van der Waals surface area contributed by atoms with E-state index in [1.165, 1.54) is 0 Å². The van der Waals surface area contributed by atoms with Gasteiger partial charge >= 0.3 is 6.18 Å². The molecule has 1 aromatic rings. The van der Waals surface area contributed by atoms with E-state index in [2.05, 4.69) is 5.10 Å². The SMILES string of the molecule is NCCOc1cc(C(F)(F)F)[nH]n1. The highest BCUT2D eigenvalue weighted by atomic mass is 19.4. The Hall–Kier alpha value is -1.24. The number of H-pyrrole nitrogens is 1. The van der Waals surface area contributed by atoms with Gasteiger partial charge in [-0.3, -0.25) is 5.10 Å². The molecular formula is C6H8F3N3O. The van der Waals surface area contributed by atoms with E-state index in [0.717, 1.165) is 6.07 Å². The molecule has 3 N–H and O–H groups in total. The maximum atomic E-state index is 12.0. The zero-order chi connectivity index (χ0) is 9.90. The predicted molar refractivity (Wildman–Crippen MR) is 38.1 cm³/mol. The topological polar surface area (TPSA) is 63.9 Å². The fourth-order valence-corrected chi connectivity index (χ4v) is 0.686. The number of nitrogens with two attached hydrogens (primary N) is 1. The molecule has 0 unspecified atom stereocenters. The first kappa shape index (κ1) is 9.85. The number of hydrogen-bond donors (Lipinski definition) is 2. The number of aromatic amines is 1. The summed E-state index contributed by atoms with van der Waals surface area (Å²) in [5, 5.41) is 5.11. The molecule has 0 saturated heterocycles. The fraction of sp³-hybridized carbons (Fsp3) is 0.500. The van der Waals surface area contributed by atoms with E-state index in [1.54, 1.807) is 0 Å². The molecule has 74 valence electrons. The van der Waals surface area contributed by atoms with Crippen LogP contribution in [0.2, 0.25) is 0 Å². The van der Waals surface area contributed by atoms with Gasteiger partial charge in [0.2, 0.25) is 5.88 Å². The van der Waals surface area contributed by atoms with Crippen LogP contribution in [0.5, 0.6) is 5.88 Å². The molecule has 0 aliphatic carbocycles. The molecule has 7 heteroatoms. The summed E-state index contributed by atoms with van der Waals surface area (Å²) in [5.41, 5.74) is 4.15. The summed E-state index contributed by atoms with van der Waals surface area (Å²) < 4.78 is 40.7. The largest absolute Gasteiger partial charge is 0.475 e. The Kier molecular flexibility index (Phi) is 2.76. The zero-order valence-electron chi connectivity index (χ0n) is 6.56. The van der Waals surface area contributed by atoms with Gasteiger partial charge in [-0.2, -0.15) is 13.2 Å². The van der Waals surface area contributed by atoms with E-state index >= 15 is 0 Å². The highest BCUT2D eigenvalue weighted by molar-refractivity contribution is 5.16. The molecule has 0 spiro atoms. The number of aromatic nitrogens is 2.